The minimum Gasteiger partial charge on any atom is -0.399 e. The van der Waals surface area contributed by atoms with Gasteiger partial charge in [-0.2, -0.15) is 5.26 Å². The molecule has 2 aromatic carbocycles. The highest BCUT2D eigenvalue weighted by atomic mass is 16.2. The normalized spacial score (nSPS) is 13.5. The van der Waals surface area contributed by atoms with Gasteiger partial charge in [0, 0.05) is 31.9 Å². The molecular formula is C21H20N4O2. The van der Waals surface area contributed by atoms with Crippen molar-refractivity contribution in [1.82, 2.24) is 4.90 Å². The first-order chi connectivity index (χ1) is 13.0. The zero-order valence-corrected chi connectivity index (χ0v) is 15.1. The molecule has 1 heterocycles. The van der Waals surface area contributed by atoms with E-state index >= 15 is 0 Å². The van der Waals surface area contributed by atoms with Crippen LogP contribution in [0.15, 0.2) is 60.3 Å². The van der Waals surface area contributed by atoms with Gasteiger partial charge in [0.1, 0.15) is 11.6 Å². The summed E-state index contributed by atoms with van der Waals surface area (Å²) in [6.07, 6.45) is 2.39. The van der Waals surface area contributed by atoms with Crippen LogP contribution in [0.4, 0.5) is 11.4 Å². The first-order valence-corrected chi connectivity index (χ1v) is 8.63. The summed E-state index contributed by atoms with van der Waals surface area (Å²) in [5.41, 5.74) is 8.94. The van der Waals surface area contributed by atoms with Gasteiger partial charge in [-0.05, 0) is 41.8 Å². The molecule has 27 heavy (non-hydrogen) atoms. The Balaban J connectivity index is 1.86. The highest BCUT2D eigenvalue weighted by Gasteiger charge is 2.25. The number of carbonyl (C=O) groups excluding carboxylic acids is 2. The number of nitrogens with zero attached hydrogens (tertiary/aromatic N) is 3. The summed E-state index contributed by atoms with van der Waals surface area (Å²) in [7, 11) is 0. The maximum atomic E-state index is 12.9. The monoisotopic (exact) mass is 360 g/mol. The number of fused-ring (bicyclic) bond motifs is 1. The molecule has 0 fully saturated rings. The fraction of sp³-hybridized carbons (Fsp3) is 0.190. The number of nitrogens with two attached hydrogens (primary N) is 1. The molecule has 3 rings (SSSR count). The van der Waals surface area contributed by atoms with E-state index in [1.165, 1.54) is 18.1 Å². The lowest BCUT2D eigenvalue weighted by Gasteiger charge is -2.28. The van der Waals surface area contributed by atoms with Crippen LogP contribution in [0.2, 0.25) is 0 Å². The Morgan fingerprint density at radius 2 is 1.81 bits per heavy atom. The van der Waals surface area contributed by atoms with Crippen LogP contribution in [0.3, 0.4) is 0 Å². The quantitative estimate of drug-likeness (QED) is 0.516. The maximum Gasteiger partial charge on any atom is 0.277 e. The van der Waals surface area contributed by atoms with Gasteiger partial charge in [0.05, 0.1) is 5.69 Å². The molecule has 0 bridgehead atoms. The zero-order valence-electron chi connectivity index (χ0n) is 15.1. The molecule has 0 saturated carbocycles. The standard InChI is InChI=1S/C21H20N4O2/c1-15(26)25(20-8-6-19(23)7-9-20)21(27)18(12-22)14-24-11-10-16-4-2-3-5-17(16)13-24/h2-9,14H,10-11,13,23H2,1H3/b18-14-. The van der Waals surface area contributed by atoms with Gasteiger partial charge in [0.2, 0.25) is 5.91 Å². The second-order valence-electron chi connectivity index (χ2n) is 6.39. The molecule has 2 N–H and O–H groups in total. The van der Waals surface area contributed by atoms with Crippen LogP contribution in [0.1, 0.15) is 18.1 Å². The van der Waals surface area contributed by atoms with E-state index in [-0.39, 0.29) is 5.57 Å². The highest BCUT2D eigenvalue weighted by Crippen LogP contribution is 2.22. The van der Waals surface area contributed by atoms with E-state index in [9.17, 15) is 14.9 Å². The molecule has 2 aromatic rings. The molecule has 2 amide bonds. The van der Waals surface area contributed by atoms with Gasteiger partial charge in [-0.1, -0.05) is 24.3 Å². The smallest absolute Gasteiger partial charge is 0.277 e. The third-order valence-electron chi connectivity index (χ3n) is 4.49. The Hall–Kier alpha value is -3.59. The molecule has 6 heteroatoms. The lowest BCUT2D eigenvalue weighted by Crippen LogP contribution is -2.37. The number of nitriles is 1. The molecule has 0 radical (unpaired) electrons. The van der Waals surface area contributed by atoms with Crippen molar-refractivity contribution in [3.05, 3.63) is 71.4 Å². The van der Waals surface area contributed by atoms with Crippen LogP contribution in [-0.2, 0) is 22.6 Å². The van der Waals surface area contributed by atoms with Crippen LogP contribution in [-0.4, -0.2) is 23.3 Å². The number of amides is 2. The number of carbonyl (C=O) groups is 2. The highest BCUT2D eigenvalue weighted by molar-refractivity contribution is 6.21. The third kappa shape index (κ3) is 3.98. The number of hydrogen-bond donors (Lipinski definition) is 1. The van der Waals surface area contributed by atoms with Crippen LogP contribution in [0, 0.1) is 11.3 Å². The number of nitrogen functional groups attached to an aromatic ring is 1. The topological polar surface area (TPSA) is 90.4 Å². The Morgan fingerprint density at radius 3 is 2.44 bits per heavy atom. The SMILES string of the molecule is CC(=O)N(C(=O)/C(C#N)=C\N1CCc2ccccc2C1)c1ccc(N)cc1. The van der Waals surface area contributed by atoms with E-state index in [4.69, 9.17) is 5.73 Å². The fourth-order valence-corrected chi connectivity index (χ4v) is 3.13. The number of benzene rings is 2. The molecule has 0 unspecified atom stereocenters. The van der Waals surface area contributed by atoms with E-state index in [0.717, 1.165) is 11.3 Å². The second-order valence-corrected chi connectivity index (χ2v) is 6.39. The van der Waals surface area contributed by atoms with Crippen molar-refractivity contribution in [2.75, 3.05) is 17.2 Å². The molecule has 0 atom stereocenters. The molecular weight excluding hydrogens is 340 g/mol. The average molecular weight is 360 g/mol. The van der Waals surface area contributed by atoms with Gasteiger partial charge in [0.25, 0.3) is 5.91 Å². The van der Waals surface area contributed by atoms with Crippen molar-refractivity contribution < 1.29 is 9.59 Å². The lowest BCUT2D eigenvalue weighted by atomic mass is 10.00. The number of hydrogen-bond acceptors (Lipinski definition) is 5. The number of rotatable bonds is 3. The summed E-state index contributed by atoms with van der Waals surface area (Å²) in [4.78, 5) is 27.9. The van der Waals surface area contributed by atoms with Gasteiger partial charge in [-0.25, -0.2) is 4.90 Å². The summed E-state index contributed by atoms with van der Waals surface area (Å²) >= 11 is 0. The van der Waals surface area contributed by atoms with Crippen molar-refractivity contribution >= 4 is 23.2 Å². The van der Waals surface area contributed by atoms with Crippen LogP contribution >= 0.6 is 0 Å². The Bertz CT molecular complexity index is 941. The van der Waals surface area contributed by atoms with E-state index in [2.05, 4.69) is 6.07 Å². The number of anilines is 2. The van der Waals surface area contributed by atoms with Gasteiger partial charge in [0.15, 0.2) is 0 Å². The van der Waals surface area contributed by atoms with Crippen molar-refractivity contribution in [3.63, 3.8) is 0 Å². The van der Waals surface area contributed by atoms with Crippen molar-refractivity contribution in [2.24, 2.45) is 0 Å². The summed E-state index contributed by atoms with van der Waals surface area (Å²) < 4.78 is 0. The average Bonchev–Trinajstić information content (AvgIpc) is 2.67. The minimum atomic E-state index is -0.645. The molecule has 0 spiro atoms. The third-order valence-corrected chi connectivity index (χ3v) is 4.49. The van der Waals surface area contributed by atoms with Crippen molar-refractivity contribution in [3.8, 4) is 6.07 Å². The summed E-state index contributed by atoms with van der Waals surface area (Å²) in [6, 6.07) is 16.4. The summed E-state index contributed by atoms with van der Waals surface area (Å²) in [5.74, 6) is -1.11. The minimum absolute atomic E-state index is 0.0820. The van der Waals surface area contributed by atoms with Gasteiger partial charge < -0.3 is 10.6 Å². The molecule has 0 aliphatic carbocycles. The fourth-order valence-electron chi connectivity index (χ4n) is 3.13. The Kier molecular flexibility index (Phi) is 5.23. The zero-order chi connectivity index (χ0) is 19.4. The van der Waals surface area contributed by atoms with Crippen LogP contribution in [0.5, 0.6) is 0 Å². The molecule has 0 saturated heterocycles. The van der Waals surface area contributed by atoms with Crippen molar-refractivity contribution in [1.29, 1.82) is 5.26 Å². The Labute approximate surface area is 158 Å². The predicted molar refractivity (Wildman–Crippen MR) is 103 cm³/mol. The maximum absolute atomic E-state index is 12.9. The summed E-state index contributed by atoms with van der Waals surface area (Å²) in [5, 5.41) is 9.52. The summed E-state index contributed by atoms with van der Waals surface area (Å²) in [6.45, 7) is 2.62. The molecule has 136 valence electrons. The van der Waals surface area contributed by atoms with Gasteiger partial charge >= 0.3 is 0 Å². The van der Waals surface area contributed by atoms with E-state index < -0.39 is 11.8 Å². The Morgan fingerprint density at radius 1 is 1.15 bits per heavy atom. The number of imide groups is 1. The van der Waals surface area contributed by atoms with Gasteiger partial charge in [-0.3, -0.25) is 9.59 Å². The molecule has 1 aliphatic rings. The van der Waals surface area contributed by atoms with Gasteiger partial charge in [-0.15, -0.1) is 0 Å². The van der Waals surface area contributed by atoms with Crippen LogP contribution < -0.4 is 10.6 Å². The molecule has 6 nitrogen and oxygen atoms in total. The van der Waals surface area contributed by atoms with Crippen LogP contribution in [0.25, 0.3) is 0 Å². The first-order valence-electron chi connectivity index (χ1n) is 8.63. The van der Waals surface area contributed by atoms with E-state index in [1.54, 1.807) is 30.5 Å². The first kappa shape index (κ1) is 18.2. The van der Waals surface area contributed by atoms with E-state index in [0.29, 0.717) is 24.5 Å². The lowest BCUT2D eigenvalue weighted by molar-refractivity contribution is -0.123. The van der Waals surface area contributed by atoms with Crippen molar-refractivity contribution in [2.45, 2.75) is 19.9 Å². The predicted octanol–water partition coefficient (Wildman–Crippen LogP) is 2.61. The molecule has 0 aromatic heterocycles. The second kappa shape index (κ2) is 7.75. The molecule has 1 aliphatic heterocycles. The van der Waals surface area contributed by atoms with E-state index in [1.807, 2.05) is 29.2 Å². The largest absolute Gasteiger partial charge is 0.399 e.